The molecule has 2 rings (SSSR count). The van der Waals surface area contributed by atoms with Gasteiger partial charge in [-0.3, -0.25) is 14.3 Å². The zero-order valence-corrected chi connectivity index (χ0v) is 17.5. The minimum Gasteiger partial charge on any atom is -0.391 e. The van der Waals surface area contributed by atoms with Gasteiger partial charge in [-0.05, 0) is 36.3 Å². The molecule has 0 unspecified atom stereocenters. The van der Waals surface area contributed by atoms with E-state index in [4.69, 9.17) is 27.9 Å². The molecule has 162 valence electrons. The van der Waals surface area contributed by atoms with Crippen LogP contribution in [0.4, 0.5) is 5.69 Å². The Labute approximate surface area is 177 Å². The van der Waals surface area contributed by atoms with Gasteiger partial charge in [0.15, 0.2) is 0 Å². The molecule has 1 aromatic heterocycles. The lowest BCUT2D eigenvalue weighted by molar-refractivity contribution is -0.122. The second-order valence-corrected chi connectivity index (χ2v) is 8.07. The van der Waals surface area contributed by atoms with E-state index < -0.39 is 21.5 Å². The monoisotopic (exact) mass is 456 g/mol. The highest BCUT2D eigenvalue weighted by Gasteiger charge is 2.20. The lowest BCUT2D eigenvalue weighted by atomic mass is 10.3. The van der Waals surface area contributed by atoms with Crippen molar-refractivity contribution < 1.29 is 18.0 Å². The maximum atomic E-state index is 12.7. The number of halogens is 1. The van der Waals surface area contributed by atoms with Crippen LogP contribution in [0.5, 0.6) is 0 Å². The summed E-state index contributed by atoms with van der Waals surface area (Å²) in [7, 11) is -4.10. The van der Waals surface area contributed by atoms with Crippen LogP contribution in [-0.4, -0.2) is 38.0 Å². The quantitative estimate of drug-likeness (QED) is 0.177. The van der Waals surface area contributed by atoms with Crippen molar-refractivity contribution in [3.63, 3.8) is 0 Å². The fourth-order valence-corrected chi connectivity index (χ4v) is 3.94. The van der Waals surface area contributed by atoms with Gasteiger partial charge >= 0.3 is 0 Å². The molecule has 0 atom stereocenters. The van der Waals surface area contributed by atoms with Crippen LogP contribution in [-0.2, 0) is 26.2 Å². The highest BCUT2D eigenvalue weighted by Crippen LogP contribution is 2.22. The number of sulfonamides is 1. The van der Waals surface area contributed by atoms with Crippen LogP contribution >= 0.6 is 11.6 Å². The summed E-state index contributed by atoms with van der Waals surface area (Å²) in [5.74, 6) is -0.737. The standard InChI is InChI=1S/C17H21ClN6O5S/c1-11-6-7-13(23-30(27,28)14-5-3-2-4-12(14)18)16(26)24(11)10-15(25)21-8-9-29-22-17(19)20/h2-7,23H,8-10H2,1H3,(H,21,25)(H4,19,20,22). The van der Waals surface area contributed by atoms with E-state index in [0.29, 0.717) is 5.69 Å². The van der Waals surface area contributed by atoms with Crippen LogP contribution in [0.2, 0.25) is 5.02 Å². The van der Waals surface area contributed by atoms with Gasteiger partial charge in [0, 0.05) is 5.69 Å². The molecule has 1 heterocycles. The van der Waals surface area contributed by atoms with Gasteiger partial charge < -0.3 is 26.2 Å². The van der Waals surface area contributed by atoms with Crippen molar-refractivity contribution in [3.05, 3.63) is 57.5 Å². The van der Waals surface area contributed by atoms with E-state index in [1.165, 1.54) is 30.3 Å². The van der Waals surface area contributed by atoms with Crippen molar-refractivity contribution in [2.45, 2.75) is 18.4 Å². The first-order valence-corrected chi connectivity index (χ1v) is 10.4. The van der Waals surface area contributed by atoms with E-state index in [9.17, 15) is 18.0 Å². The Bertz CT molecular complexity index is 1110. The first-order chi connectivity index (χ1) is 14.1. The fourth-order valence-electron chi connectivity index (χ4n) is 2.36. The average molecular weight is 457 g/mol. The van der Waals surface area contributed by atoms with Crippen molar-refractivity contribution >= 4 is 39.2 Å². The van der Waals surface area contributed by atoms with Crippen LogP contribution < -0.4 is 27.1 Å². The molecule has 0 saturated heterocycles. The number of pyridine rings is 1. The van der Waals surface area contributed by atoms with E-state index in [0.717, 1.165) is 4.57 Å². The largest absolute Gasteiger partial charge is 0.391 e. The maximum absolute atomic E-state index is 12.7. The summed E-state index contributed by atoms with van der Waals surface area (Å²) in [6, 6.07) is 8.67. The minimum atomic E-state index is -4.10. The summed E-state index contributed by atoms with van der Waals surface area (Å²) in [5, 5.41) is 5.84. The molecule has 6 N–H and O–H groups in total. The van der Waals surface area contributed by atoms with Crippen LogP contribution in [0.15, 0.2) is 51.2 Å². The highest BCUT2D eigenvalue weighted by molar-refractivity contribution is 7.92. The SMILES string of the molecule is Cc1ccc(NS(=O)(=O)c2ccccc2Cl)c(=O)n1CC(=O)NCCON=C(N)N. The Balaban J connectivity index is 2.14. The van der Waals surface area contributed by atoms with Crippen LogP contribution in [0.1, 0.15) is 5.69 Å². The van der Waals surface area contributed by atoms with Gasteiger partial charge in [0.05, 0.1) is 11.6 Å². The summed E-state index contributed by atoms with van der Waals surface area (Å²) in [4.78, 5) is 29.4. The molecular formula is C17H21ClN6O5S. The fraction of sp³-hybridized carbons (Fsp3) is 0.235. The molecule has 0 radical (unpaired) electrons. The van der Waals surface area contributed by atoms with Gasteiger partial charge in [-0.15, -0.1) is 0 Å². The number of aromatic nitrogens is 1. The number of oxime groups is 1. The number of aryl methyl sites for hydroxylation is 1. The molecule has 0 spiro atoms. The number of guanidine groups is 1. The zero-order chi connectivity index (χ0) is 22.3. The summed E-state index contributed by atoms with van der Waals surface area (Å²) < 4.78 is 28.5. The third kappa shape index (κ3) is 6.12. The third-order valence-electron chi connectivity index (χ3n) is 3.75. The van der Waals surface area contributed by atoms with Gasteiger partial charge in [0.1, 0.15) is 23.7 Å². The second-order valence-electron chi connectivity index (χ2n) is 6.01. The number of nitrogens with one attached hydrogen (secondary N) is 2. The summed E-state index contributed by atoms with van der Waals surface area (Å²) >= 11 is 5.94. The number of nitrogens with two attached hydrogens (primary N) is 2. The molecule has 11 nitrogen and oxygen atoms in total. The molecule has 1 aromatic carbocycles. The Morgan fingerprint density at radius 3 is 2.60 bits per heavy atom. The first-order valence-electron chi connectivity index (χ1n) is 8.57. The molecule has 0 aliphatic heterocycles. The molecule has 0 bridgehead atoms. The summed E-state index contributed by atoms with van der Waals surface area (Å²) in [6.07, 6.45) is 0. The van der Waals surface area contributed by atoms with Crippen molar-refractivity contribution in [2.75, 3.05) is 17.9 Å². The average Bonchev–Trinajstić information content (AvgIpc) is 2.67. The molecule has 0 aliphatic carbocycles. The van der Waals surface area contributed by atoms with Gasteiger partial charge in [0.25, 0.3) is 15.6 Å². The van der Waals surface area contributed by atoms with E-state index in [1.807, 2.05) is 0 Å². The van der Waals surface area contributed by atoms with Crippen molar-refractivity contribution in [1.29, 1.82) is 0 Å². The Kier molecular flexibility index (Phi) is 7.66. The molecule has 1 amide bonds. The number of hydrogen-bond donors (Lipinski definition) is 4. The minimum absolute atomic E-state index is 0.0137. The number of anilines is 1. The van der Waals surface area contributed by atoms with Crippen molar-refractivity contribution in [3.8, 4) is 0 Å². The smallest absolute Gasteiger partial charge is 0.275 e. The Hall–Kier alpha value is -3.25. The zero-order valence-electron chi connectivity index (χ0n) is 16.0. The third-order valence-corrected chi connectivity index (χ3v) is 5.62. The lowest BCUT2D eigenvalue weighted by Crippen LogP contribution is -2.36. The number of hydrogen-bond acceptors (Lipinski definition) is 6. The van der Waals surface area contributed by atoms with E-state index >= 15 is 0 Å². The van der Waals surface area contributed by atoms with Gasteiger partial charge in [-0.1, -0.05) is 23.7 Å². The molecular weight excluding hydrogens is 436 g/mol. The number of carbonyl (C=O) groups excluding carboxylic acids is 1. The topological polar surface area (TPSA) is 171 Å². The number of nitrogens with zero attached hydrogens (tertiary/aromatic N) is 2. The summed E-state index contributed by atoms with van der Waals surface area (Å²) in [5.41, 5.74) is 9.75. The molecule has 0 saturated carbocycles. The van der Waals surface area contributed by atoms with Crippen molar-refractivity contribution in [2.24, 2.45) is 16.6 Å². The molecule has 30 heavy (non-hydrogen) atoms. The number of carbonyl (C=O) groups is 1. The second kappa shape index (κ2) is 9.98. The molecule has 0 fully saturated rings. The van der Waals surface area contributed by atoms with Gasteiger partial charge in [-0.25, -0.2) is 8.42 Å². The van der Waals surface area contributed by atoms with Gasteiger partial charge in [0.2, 0.25) is 11.9 Å². The molecule has 0 aliphatic rings. The predicted octanol–water partition coefficient (Wildman–Crippen LogP) is -0.0679. The predicted molar refractivity (Wildman–Crippen MR) is 112 cm³/mol. The summed E-state index contributed by atoms with van der Waals surface area (Å²) in [6.45, 7) is 1.41. The van der Waals surface area contributed by atoms with E-state index in [-0.39, 0.29) is 41.3 Å². The van der Waals surface area contributed by atoms with Crippen LogP contribution in [0, 0.1) is 6.92 Å². The molecule has 13 heteroatoms. The molecule has 2 aromatic rings. The first kappa shape index (κ1) is 23.0. The van der Waals surface area contributed by atoms with E-state index in [1.54, 1.807) is 13.0 Å². The highest BCUT2D eigenvalue weighted by atomic mass is 35.5. The van der Waals surface area contributed by atoms with Crippen LogP contribution in [0.25, 0.3) is 0 Å². The lowest BCUT2D eigenvalue weighted by Gasteiger charge is -2.14. The number of rotatable bonds is 9. The van der Waals surface area contributed by atoms with E-state index in [2.05, 4.69) is 15.2 Å². The maximum Gasteiger partial charge on any atom is 0.275 e. The Morgan fingerprint density at radius 2 is 1.93 bits per heavy atom. The van der Waals surface area contributed by atoms with Crippen LogP contribution in [0.3, 0.4) is 0 Å². The number of amides is 1. The normalized spacial score (nSPS) is 10.9. The Morgan fingerprint density at radius 1 is 1.23 bits per heavy atom. The van der Waals surface area contributed by atoms with Crippen molar-refractivity contribution in [1.82, 2.24) is 9.88 Å². The number of benzene rings is 1. The van der Waals surface area contributed by atoms with Gasteiger partial charge in [-0.2, -0.15) is 0 Å².